The maximum Gasteiger partial charge on any atom is 0.338 e. The Morgan fingerprint density at radius 2 is 2.04 bits per heavy atom. The summed E-state index contributed by atoms with van der Waals surface area (Å²) in [5, 5.41) is 6.15. The number of rotatable bonds is 5. The lowest BCUT2D eigenvalue weighted by atomic mass is 10.2. The lowest BCUT2D eigenvalue weighted by Crippen LogP contribution is -2.30. The molecule has 1 atom stereocenters. The van der Waals surface area contributed by atoms with Gasteiger partial charge in [-0.05, 0) is 44.5 Å². The molecular formula is C18H19N3O5. The van der Waals surface area contributed by atoms with Crippen LogP contribution in [0.5, 0.6) is 0 Å². The fourth-order valence-electron chi connectivity index (χ4n) is 2.63. The molecule has 26 heavy (non-hydrogen) atoms. The number of aromatic nitrogens is 1. The number of amides is 2. The monoisotopic (exact) mass is 357 g/mol. The topological polar surface area (TPSA) is 102 Å². The zero-order chi connectivity index (χ0) is 18.7. The second kappa shape index (κ2) is 7.38. The van der Waals surface area contributed by atoms with Gasteiger partial charge in [0.25, 0.3) is 5.91 Å². The summed E-state index contributed by atoms with van der Waals surface area (Å²) in [6.07, 6.45) is 0.376. The molecule has 1 aliphatic heterocycles. The Hall–Kier alpha value is -3.16. The number of nitrogens with zero attached hydrogens (tertiary/aromatic N) is 2. The SMILES string of the molecule is Cc1cc(NC(=O)[C@@H](C)OC(=O)c2ccc(N3CCCC3=O)cc2)no1. The van der Waals surface area contributed by atoms with Crippen molar-refractivity contribution in [3.63, 3.8) is 0 Å². The van der Waals surface area contributed by atoms with Crippen LogP contribution in [-0.2, 0) is 14.3 Å². The van der Waals surface area contributed by atoms with E-state index in [0.29, 0.717) is 24.3 Å². The van der Waals surface area contributed by atoms with E-state index in [1.165, 1.54) is 6.92 Å². The summed E-state index contributed by atoms with van der Waals surface area (Å²) in [5.74, 6) is -0.237. The van der Waals surface area contributed by atoms with Crippen LogP contribution >= 0.6 is 0 Å². The van der Waals surface area contributed by atoms with Gasteiger partial charge in [-0.25, -0.2) is 4.79 Å². The highest BCUT2D eigenvalue weighted by atomic mass is 16.5. The Bertz CT molecular complexity index is 828. The van der Waals surface area contributed by atoms with Gasteiger partial charge in [-0.1, -0.05) is 5.16 Å². The highest BCUT2D eigenvalue weighted by Crippen LogP contribution is 2.22. The van der Waals surface area contributed by atoms with Crippen molar-refractivity contribution in [1.82, 2.24) is 5.16 Å². The Balaban J connectivity index is 1.58. The summed E-state index contributed by atoms with van der Waals surface area (Å²) >= 11 is 0. The standard InChI is InChI=1S/C18H19N3O5/c1-11-10-15(20-26-11)19-17(23)12(2)25-18(24)13-5-7-14(8-6-13)21-9-3-4-16(21)22/h5-8,10,12H,3-4,9H2,1-2H3,(H,19,20,23)/t12-/m1/s1. The zero-order valence-electron chi connectivity index (χ0n) is 14.5. The number of carbonyl (C=O) groups excluding carboxylic acids is 3. The van der Waals surface area contributed by atoms with Gasteiger partial charge >= 0.3 is 5.97 Å². The largest absolute Gasteiger partial charge is 0.449 e. The first-order chi connectivity index (χ1) is 12.4. The molecule has 2 amide bonds. The van der Waals surface area contributed by atoms with Gasteiger partial charge in [0.1, 0.15) is 5.76 Å². The number of carbonyl (C=O) groups is 3. The molecule has 2 aromatic rings. The Kier molecular flexibility index (Phi) is 5.01. The lowest BCUT2D eigenvalue weighted by Gasteiger charge is -2.16. The van der Waals surface area contributed by atoms with E-state index in [1.807, 2.05) is 0 Å². The average molecular weight is 357 g/mol. The van der Waals surface area contributed by atoms with Gasteiger partial charge in [0.05, 0.1) is 5.56 Å². The van der Waals surface area contributed by atoms with Crippen LogP contribution in [0.4, 0.5) is 11.5 Å². The van der Waals surface area contributed by atoms with Crippen LogP contribution in [0.15, 0.2) is 34.9 Å². The van der Waals surface area contributed by atoms with Crippen LogP contribution in [0.2, 0.25) is 0 Å². The van der Waals surface area contributed by atoms with Crippen molar-refractivity contribution in [3.05, 3.63) is 41.7 Å². The van der Waals surface area contributed by atoms with E-state index in [0.717, 1.165) is 12.1 Å². The van der Waals surface area contributed by atoms with Gasteiger partial charge in [-0.2, -0.15) is 0 Å². The predicted molar refractivity (Wildman–Crippen MR) is 92.8 cm³/mol. The molecule has 0 bridgehead atoms. The Morgan fingerprint density at radius 3 is 2.62 bits per heavy atom. The number of hydrogen-bond acceptors (Lipinski definition) is 6. The molecule has 0 radical (unpaired) electrons. The molecule has 1 aliphatic rings. The minimum Gasteiger partial charge on any atom is -0.449 e. The van der Waals surface area contributed by atoms with Gasteiger partial charge in [-0.15, -0.1) is 0 Å². The molecule has 1 aromatic heterocycles. The summed E-state index contributed by atoms with van der Waals surface area (Å²) in [7, 11) is 0. The van der Waals surface area contributed by atoms with Gasteiger partial charge in [-0.3, -0.25) is 9.59 Å². The van der Waals surface area contributed by atoms with Crippen LogP contribution in [0.1, 0.15) is 35.9 Å². The van der Waals surface area contributed by atoms with Gasteiger partial charge in [0.15, 0.2) is 11.9 Å². The predicted octanol–water partition coefficient (Wildman–Crippen LogP) is 2.29. The lowest BCUT2D eigenvalue weighted by molar-refractivity contribution is -0.123. The van der Waals surface area contributed by atoms with Crippen molar-refractivity contribution < 1.29 is 23.6 Å². The van der Waals surface area contributed by atoms with Crippen molar-refractivity contribution >= 4 is 29.3 Å². The normalized spacial score (nSPS) is 15.0. The van der Waals surface area contributed by atoms with Crippen LogP contribution in [0, 0.1) is 6.92 Å². The van der Waals surface area contributed by atoms with E-state index >= 15 is 0 Å². The highest BCUT2D eigenvalue weighted by Gasteiger charge is 2.23. The first-order valence-corrected chi connectivity index (χ1v) is 8.29. The third-order valence-electron chi connectivity index (χ3n) is 4.02. The molecule has 0 saturated carbocycles. The summed E-state index contributed by atoms with van der Waals surface area (Å²) in [6, 6.07) is 8.11. The molecular weight excluding hydrogens is 338 g/mol. The van der Waals surface area contributed by atoms with E-state index in [-0.39, 0.29) is 11.7 Å². The number of hydrogen-bond donors (Lipinski definition) is 1. The smallest absolute Gasteiger partial charge is 0.338 e. The Labute approximate surface area is 150 Å². The van der Waals surface area contributed by atoms with Gasteiger partial charge in [0, 0.05) is 24.7 Å². The second-order valence-electron chi connectivity index (χ2n) is 6.06. The van der Waals surface area contributed by atoms with Crippen molar-refractivity contribution in [2.45, 2.75) is 32.8 Å². The average Bonchev–Trinajstić information content (AvgIpc) is 3.23. The summed E-state index contributed by atoms with van der Waals surface area (Å²) < 4.78 is 10.0. The Morgan fingerprint density at radius 1 is 1.31 bits per heavy atom. The van der Waals surface area contributed by atoms with E-state index in [2.05, 4.69) is 10.5 Å². The summed E-state index contributed by atoms with van der Waals surface area (Å²) in [5.41, 5.74) is 1.05. The molecule has 2 heterocycles. The van der Waals surface area contributed by atoms with E-state index in [4.69, 9.17) is 9.26 Å². The number of anilines is 2. The molecule has 136 valence electrons. The molecule has 8 heteroatoms. The van der Waals surface area contributed by atoms with E-state index < -0.39 is 18.0 Å². The summed E-state index contributed by atoms with van der Waals surface area (Å²) in [4.78, 5) is 37.7. The molecule has 3 rings (SSSR count). The van der Waals surface area contributed by atoms with Crippen molar-refractivity contribution in [3.8, 4) is 0 Å². The number of aryl methyl sites for hydroxylation is 1. The third-order valence-corrected chi connectivity index (χ3v) is 4.02. The van der Waals surface area contributed by atoms with E-state index in [1.54, 1.807) is 42.2 Å². The fourth-order valence-corrected chi connectivity index (χ4v) is 2.63. The van der Waals surface area contributed by atoms with Crippen LogP contribution in [-0.4, -0.2) is 35.6 Å². The molecule has 1 N–H and O–H groups in total. The molecule has 1 saturated heterocycles. The first kappa shape index (κ1) is 17.7. The van der Waals surface area contributed by atoms with Gasteiger partial charge in [0.2, 0.25) is 5.91 Å². The number of esters is 1. The van der Waals surface area contributed by atoms with Crippen molar-refractivity contribution in [2.24, 2.45) is 0 Å². The summed E-state index contributed by atoms with van der Waals surface area (Å²) in [6.45, 7) is 3.85. The second-order valence-corrected chi connectivity index (χ2v) is 6.06. The zero-order valence-corrected chi connectivity index (χ0v) is 14.5. The minimum atomic E-state index is -1.00. The molecule has 8 nitrogen and oxygen atoms in total. The third kappa shape index (κ3) is 3.90. The van der Waals surface area contributed by atoms with E-state index in [9.17, 15) is 14.4 Å². The molecule has 0 unspecified atom stereocenters. The number of benzene rings is 1. The quantitative estimate of drug-likeness (QED) is 0.824. The fraction of sp³-hybridized carbons (Fsp3) is 0.333. The van der Waals surface area contributed by atoms with Crippen molar-refractivity contribution in [2.75, 3.05) is 16.8 Å². The maximum atomic E-state index is 12.2. The highest BCUT2D eigenvalue weighted by molar-refractivity contribution is 5.98. The van der Waals surface area contributed by atoms with Crippen LogP contribution in [0.25, 0.3) is 0 Å². The minimum absolute atomic E-state index is 0.0775. The van der Waals surface area contributed by atoms with Crippen LogP contribution < -0.4 is 10.2 Å². The number of ether oxygens (including phenoxy) is 1. The van der Waals surface area contributed by atoms with Crippen molar-refractivity contribution in [1.29, 1.82) is 0 Å². The number of nitrogens with one attached hydrogen (secondary N) is 1. The molecule has 1 aromatic carbocycles. The molecule has 0 spiro atoms. The first-order valence-electron chi connectivity index (χ1n) is 8.29. The van der Waals surface area contributed by atoms with Gasteiger partial charge < -0.3 is 19.5 Å². The van der Waals surface area contributed by atoms with Crippen LogP contribution in [0.3, 0.4) is 0 Å². The molecule has 0 aliphatic carbocycles. The molecule has 1 fully saturated rings. The maximum absolute atomic E-state index is 12.2.